The number of fused-ring (bicyclic) bond motifs is 2. The number of para-hydroxylation sites is 1. The van der Waals surface area contributed by atoms with Crippen LogP contribution in [0.4, 0.5) is 0 Å². The number of carbonyl (C=O) groups excluding carboxylic acids is 1. The molecular formula is C24H26N4O2. The van der Waals surface area contributed by atoms with Gasteiger partial charge in [0.15, 0.2) is 0 Å². The molecule has 1 N–H and O–H groups in total. The molecule has 6 heteroatoms. The lowest BCUT2D eigenvalue weighted by Crippen LogP contribution is -2.38. The van der Waals surface area contributed by atoms with Crippen LogP contribution in [0.15, 0.2) is 66.9 Å². The lowest BCUT2D eigenvalue weighted by molar-refractivity contribution is 0.0708. The van der Waals surface area contributed by atoms with Crippen molar-refractivity contribution >= 4 is 16.8 Å². The molecule has 30 heavy (non-hydrogen) atoms. The van der Waals surface area contributed by atoms with E-state index >= 15 is 0 Å². The topological polar surface area (TPSA) is 63.2 Å². The minimum absolute atomic E-state index is 0.0386. The van der Waals surface area contributed by atoms with E-state index in [-0.39, 0.29) is 5.91 Å². The highest BCUT2D eigenvalue weighted by Gasteiger charge is 2.25. The van der Waals surface area contributed by atoms with Gasteiger partial charge in [0.05, 0.1) is 24.3 Å². The van der Waals surface area contributed by atoms with Crippen LogP contribution < -0.4 is 4.74 Å². The third-order valence-electron chi connectivity index (χ3n) is 5.11. The monoisotopic (exact) mass is 402 g/mol. The summed E-state index contributed by atoms with van der Waals surface area (Å²) in [4.78, 5) is 18.1. The lowest BCUT2D eigenvalue weighted by atomic mass is 10.1. The molecule has 0 unspecified atom stereocenters. The van der Waals surface area contributed by atoms with Crippen molar-refractivity contribution in [2.75, 3.05) is 6.54 Å². The van der Waals surface area contributed by atoms with Gasteiger partial charge < -0.3 is 14.6 Å². The molecule has 0 bridgehead atoms. The molecule has 0 radical (unpaired) electrons. The van der Waals surface area contributed by atoms with E-state index < -0.39 is 0 Å². The number of nitrogens with one attached hydrogen (secondary N) is 1. The van der Waals surface area contributed by atoms with E-state index in [9.17, 15) is 4.79 Å². The van der Waals surface area contributed by atoms with Crippen LogP contribution in [0.2, 0.25) is 0 Å². The maximum Gasteiger partial charge on any atom is 0.256 e. The molecule has 0 aliphatic carbocycles. The summed E-state index contributed by atoms with van der Waals surface area (Å²) in [6.07, 6.45) is 1.80. The zero-order chi connectivity index (χ0) is 20.9. The number of aromatic nitrogens is 3. The highest BCUT2D eigenvalue weighted by molar-refractivity contribution is 6.06. The number of amides is 1. The third-order valence-corrected chi connectivity index (χ3v) is 5.11. The molecule has 5 rings (SSSR count). The summed E-state index contributed by atoms with van der Waals surface area (Å²) in [5.41, 5.74) is 3.78. The first-order valence-electron chi connectivity index (χ1n) is 10.4. The molecule has 0 fully saturated rings. The summed E-state index contributed by atoms with van der Waals surface area (Å²) in [6.45, 7) is 6.30. The second kappa shape index (κ2) is 8.86. The summed E-state index contributed by atoms with van der Waals surface area (Å²) < 4.78 is 7.76. The van der Waals surface area contributed by atoms with Gasteiger partial charge in [0.1, 0.15) is 6.61 Å². The van der Waals surface area contributed by atoms with Gasteiger partial charge in [-0.3, -0.25) is 9.48 Å². The average molecular weight is 402 g/mol. The number of ether oxygens (including phenoxy) is 1. The number of aromatic amines is 1. The first-order valence-corrected chi connectivity index (χ1v) is 10.4. The van der Waals surface area contributed by atoms with Crippen molar-refractivity contribution in [1.29, 1.82) is 0 Å². The minimum atomic E-state index is 0.0386. The molecule has 6 nitrogen and oxygen atoms in total. The summed E-state index contributed by atoms with van der Waals surface area (Å²) >= 11 is 0. The molecule has 4 aromatic rings. The molecule has 1 aliphatic rings. The van der Waals surface area contributed by atoms with E-state index in [1.54, 1.807) is 6.20 Å². The molecule has 0 atom stereocenters. The number of rotatable bonds is 4. The first kappa shape index (κ1) is 19.8. The molecule has 0 spiro atoms. The number of benzene rings is 2. The predicted molar refractivity (Wildman–Crippen MR) is 117 cm³/mol. The summed E-state index contributed by atoms with van der Waals surface area (Å²) in [7, 11) is 0. The minimum Gasteiger partial charge on any atom is -0.472 e. The van der Waals surface area contributed by atoms with Gasteiger partial charge in [-0.2, -0.15) is 0 Å². The standard InChI is InChI=1S/C22H20N4O2.C2H6/c27-22(19-13-23-20-9-5-4-8-18(19)20)25-10-11-26-17(14-25)12-21(24-26)28-15-16-6-2-1-3-7-16;1-2/h1-9,12-13,23H,10-11,14-15H2;1-2H3. The second-order valence-corrected chi connectivity index (χ2v) is 6.95. The Morgan fingerprint density at radius 3 is 2.67 bits per heavy atom. The molecule has 3 heterocycles. The van der Waals surface area contributed by atoms with E-state index in [2.05, 4.69) is 10.1 Å². The second-order valence-electron chi connectivity index (χ2n) is 6.95. The summed E-state index contributed by atoms with van der Waals surface area (Å²) in [5.74, 6) is 0.636. The zero-order valence-electron chi connectivity index (χ0n) is 17.3. The number of nitrogens with zero attached hydrogens (tertiary/aromatic N) is 3. The van der Waals surface area contributed by atoms with Crippen LogP contribution in [0.3, 0.4) is 0 Å². The van der Waals surface area contributed by atoms with Crippen LogP contribution >= 0.6 is 0 Å². The van der Waals surface area contributed by atoms with E-state index in [1.807, 2.05) is 84.1 Å². The van der Waals surface area contributed by atoms with Gasteiger partial charge in [-0.25, -0.2) is 0 Å². The molecule has 1 amide bonds. The van der Waals surface area contributed by atoms with Crippen LogP contribution in [0, 0.1) is 0 Å². The Bertz CT molecular complexity index is 1130. The van der Waals surface area contributed by atoms with E-state index in [1.165, 1.54) is 0 Å². The molecule has 154 valence electrons. The molecule has 1 aliphatic heterocycles. The van der Waals surface area contributed by atoms with Crippen LogP contribution in [-0.2, 0) is 19.7 Å². The number of carbonyl (C=O) groups is 1. The highest BCUT2D eigenvalue weighted by Crippen LogP contribution is 2.23. The van der Waals surface area contributed by atoms with Gasteiger partial charge in [-0.1, -0.05) is 62.4 Å². The molecule has 0 saturated heterocycles. The van der Waals surface area contributed by atoms with Crippen molar-refractivity contribution in [1.82, 2.24) is 19.7 Å². The normalized spacial score (nSPS) is 12.8. The fraction of sp³-hybridized carbons (Fsp3) is 0.250. The SMILES string of the molecule is CC.O=C(c1c[nH]c2ccccc12)N1CCn2nc(OCc3ccccc3)cc2C1. The van der Waals surface area contributed by atoms with E-state index in [4.69, 9.17) is 4.74 Å². The molecule has 2 aromatic heterocycles. The summed E-state index contributed by atoms with van der Waals surface area (Å²) in [5, 5.41) is 5.48. The summed E-state index contributed by atoms with van der Waals surface area (Å²) in [6, 6.07) is 19.8. The molecule has 2 aromatic carbocycles. The van der Waals surface area contributed by atoms with E-state index in [0.717, 1.165) is 22.2 Å². The van der Waals surface area contributed by atoms with Crippen LogP contribution in [0.1, 0.15) is 35.5 Å². The largest absolute Gasteiger partial charge is 0.472 e. The van der Waals surface area contributed by atoms with Gasteiger partial charge in [0.2, 0.25) is 5.88 Å². The quantitative estimate of drug-likeness (QED) is 0.541. The zero-order valence-corrected chi connectivity index (χ0v) is 17.3. The van der Waals surface area contributed by atoms with Gasteiger partial charge in [-0.15, -0.1) is 5.10 Å². The molecular weight excluding hydrogens is 376 g/mol. The van der Waals surface area contributed by atoms with Crippen LogP contribution in [0.25, 0.3) is 10.9 Å². The lowest BCUT2D eigenvalue weighted by Gasteiger charge is -2.27. The van der Waals surface area contributed by atoms with Crippen molar-refractivity contribution in [3.63, 3.8) is 0 Å². The fourth-order valence-corrected chi connectivity index (χ4v) is 3.63. The van der Waals surface area contributed by atoms with Crippen molar-refractivity contribution in [2.24, 2.45) is 0 Å². The first-order chi connectivity index (χ1) is 14.8. The van der Waals surface area contributed by atoms with E-state index in [0.29, 0.717) is 37.7 Å². The third kappa shape index (κ3) is 3.94. The Morgan fingerprint density at radius 2 is 1.83 bits per heavy atom. The average Bonchev–Trinajstić information content (AvgIpc) is 3.42. The highest BCUT2D eigenvalue weighted by atomic mass is 16.5. The van der Waals surface area contributed by atoms with Crippen molar-refractivity contribution in [2.45, 2.75) is 33.5 Å². The van der Waals surface area contributed by atoms with Crippen molar-refractivity contribution < 1.29 is 9.53 Å². The Balaban J connectivity index is 0.00000106. The predicted octanol–water partition coefficient (Wildman–Crippen LogP) is 4.63. The Kier molecular flexibility index (Phi) is 5.84. The van der Waals surface area contributed by atoms with Crippen molar-refractivity contribution in [3.8, 4) is 5.88 Å². The van der Waals surface area contributed by atoms with Gasteiger partial charge >= 0.3 is 0 Å². The van der Waals surface area contributed by atoms with Gasteiger partial charge in [-0.05, 0) is 11.6 Å². The van der Waals surface area contributed by atoms with Crippen LogP contribution in [0.5, 0.6) is 5.88 Å². The van der Waals surface area contributed by atoms with Gasteiger partial charge in [0.25, 0.3) is 5.91 Å². The van der Waals surface area contributed by atoms with Crippen molar-refractivity contribution in [3.05, 3.63) is 83.7 Å². The van der Waals surface area contributed by atoms with Gasteiger partial charge in [0, 0.05) is 29.7 Å². The maximum atomic E-state index is 13.0. The number of hydrogen-bond donors (Lipinski definition) is 1. The Hall–Kier alpha value is -3.54. The molecule has 0 saturated carbocycles. The Morgan fingerprint density at radius 1 is 1.07 bits per heavy atom. The smallest absolute Gasteiger partial charge is 0.256 e. The number of hydrogen-bond acceptors (Lipinski definition) is 3. The number of H-pyrrole nitrogens is 1. The van der Waals surface area contributed by atoms with Crippen LogP contribution in [-0.4, -0.2) is 32.1 Å². The maximum absolute atomic E-state index is 13.0. The Labute approximate surface area is 176 Å². The fourth-order valence-electron chi connectivity index (χ4n) is 3.63.